The van der Waals surface area contributed by atoms with Gasteiger partial charge in [0, 0.05) is 5.54 Å². The van der Waals surface area contributed by atoms with Gasteiger partial charge in [-0.15, -0.1) is 0 Å². The van der Waals surface area contributed by atoms with Gasteiger partial charge in [-0.3, -0.25) is 9.59 Å². The Labute approximate surface area is 210 Å². The number of rotatable bonds is 6. The number of hydrogen-bond acceptors (Lipinski definition) is 4. The highest BCUT2D eigenvalue weighted by molar-refractivity contribution is 7.89. The van der Waals surface area contributed by atoms with Crippen LogP contribution in [0.4, 0.5) is 0 Å². The average molecular weight is 529 g/mol. The van der Waals surface area contributed by atoms with Gasteiger partial charge in [0.1, 0.15) is 10.4 Å². The van der Waals surface area contributed by atoms with E-state index in [1.54, 1.807) is 0 Å². The van der Waals surface area contributed by atoms with E-state index in [1.807, 2.05) is 0 Å². The zero-order valence-corrected chi connectivity index (χ0v) is 21.4. The number of nitrogens with two attached hydrogens (primary N) is 1. The Morgan fingerprint density at radius 1 is 1.00 bits per heavy atom. The van der Waals surface area contributed by atoms with Gasteiger partial charge < -0.3 is 11.1 Å². The fourth-order valence-electron chi connectivity index (χ4n) is 7.59. The summed E-state index contributed by atoms with van der Waals surface area (Å²) in [5.41, 5.74) is 3.51. The Hall–Kier alpha value is -1.35. The molecule has 4 N–H and O–H groups in total. The maximum absolute atomic E-state index is 13.9. The van der Waals surface area contributed by atoms with Crippen LogP contribution in [0.3, 0.4) is 0 Å². The first-order valence-corrected chi connectivity index (χ1v) is 14.3. The second-order valence-corrected chi connectivity index (χ2v) is 13.6. The first-order chi connectivity index (χ1) is 16.0. The molecule has 0 heterocycles. The Kier molecular flexibility index (Phi) is 5.98. The summed E-state index contributed by atoms with van der Waals surface area (Å²) in [4.78, 5) is 26.2. The number of nitrogens with one attached hydrogen (secondary N) is 2. The van der Waals surface area contributed by atoms with Crippen LogP contribution in [0.25, 0.3) is 0 Å². The number of primary amides is 1. The third-order valence-corrected chi connectivity index (χ3v) is 11.1. The summed E-state index contributed by atoms with van der Waals surface area (Å²) in [6.45, 7) is 0. The van der Waals surface area contributed by atoms with Crippen molar-refractivity contribution in [2.45, 2.75) is 86.6 Å². The second-order valence-electron chi connectivity index (χ2n) is 11.1. The van der Waals surface area contributed by atoms with Gasteiger partial charge >= 0.3 is 0 Å². The van der Waals surface area contributed by atoms with Crippen molar-refractivity contribution in [3.63, 3.8) is 0 Å². The molecule has 0 spiro atoms. The topological polar surface area (TPSA) is 118 Å². The maximum Gasteiger partial charge on any atom is 0.243 e. The van der Waals surface area contributed by atoms with E-state index in [0.717, 1.165) is 51.4 Å². The van der Waals surface area contributed by atoms with Crippen molar-refractivity contribution in [2.75, 3.05) is 0 Å². The highest BCUT2D eigenvalue weighted by atomic mass is 35.5. The standard InChI is InChI=1S/C24H31Cl2N3O4S/c25-17-5-4-6-18(19(17)26)34(32,33)29-24(7-2-1-3-8-24)21(31)28-23-12-15-9-16(13-23)11-22(10-15,14-23)20(27)30/h4-6,15-16,29H,1-3,7-14H2,(H2,27,30)(H,28,31). The molecule has 1 aromatic carbocycles. The summed E-state index contributed by atoms with van der Waals surface area (Å²) in [6, 6.07) is 4.43. The van der Waals surface area contributed by atoms with E-state index >= 15 is 0 Å². The molecule has 5 fully saturated rings. The number of benzene rings is 1. The molecule has 0 aliphatic heterocycles. The Balaban J connectivity index is 1.44. The van der Waals surface area contributed by atoms with E-state index in [4.69, 9.17) is 28.9 Å². The Morgan fingerprint density at radius 2 is 1.65 bits per heavy atom. The number of carbonyl (C=O) groups excluding carboxylic acids is 2. The zero-order valence-electron chi connectivity index (χ0n) is 19.0. The predicted molar refractivity (Wildman–Crippen MR) is 130 cm³/mol. The highest BCUT2D eigenvalue weighted by Crippen LogP contribution is 2.61. The van der Waals surface area contributed by atoms with Crippen molar-refractivity contribution in [3.05, 3.63) is 28.2 Å². The monoisotopic (exact) mass is 527 g/mol. The average Bonchev–Trinajstić information content (AvgIpc) is 2.74. The fraction of sp³-hybridized carbons (Fsp3) is 0.667. The van der Waals surface area contributed by atoms with E-state index in [1.165, 1.54) is 18.2 Å². The van der Waals surface area contributed by atoms with E-state index in [2.05, 4.69) is 10.0 Å². The summed E-state index contributed by atoms with van der Waals surface area (Å²) in [7, 11) is -4.11. The Morgan fingerprint density at radius 3 is 2.26 bits per heavy atom. The van der Waals surface area contributed by atoms with Crippen LogP contribution in [0.2, 0.25) is 10.0 Å². The highest BCUT2D eigenvalue weighted by Gasteiger charge is 2.61. The number of carbonyl (C=O) groups is 2. The SMILES string of the molecule is NC(=O)C12CC3CC(CC(NC(=O)C4(NS(=O)(=O)c5cccc(Cl)c5Cl)CCCCC4)(C3)C1)C2. The molecule has 34 heavy (non-hydrogen) atoms. The van der Waals surface area contributed by atoms with Crippen molar-refractivity contribution in [2.24, 2.45) is 23.0 Å². The molecular formula is C24H31Cl2N3O4S. The molecule has 0 aromatic heterocycles. The molecule has 0 radical (unpaired) electrons. The molecular weight excluding hydrogens is 497 g/mol. The molecule has 5 saturated carbocycles. The molecule has 6 rings (SSSR count). The van der Waals surface area contributed by atoms with Crippen molar-refractivity contribution in [1.82, 2.24) is 10.0 Å². The van der Waals surface area contributed by atoms with Crippen LogP contribution < -0.4 is 15.8 Å². The summed E-state index contributed by atoms with van der Waals surface area (Å²) >= 11 is 12.3. The van der Waals surface area contributed by atoms with Crippen molar-refractivity contribution in [3.8, 4) is 0 Å². The zero-order chi connectivity index (χ0) is 24.4. The lowest BCUT2D eigenvalue weighted by Gasteiger charge is -2.61. The third kappa shape index (κ3) is 4.04. The molecule has 5 aliphatic rings. The van der Waals surface area contributed by atoms with Gasteiger partial charge in [-0.2, -0.15) is 4.72 Å². The van der Waals surface area contributed by atoms with Crippen molar-refractivity contribution < 1.29 is 18.0 Å². The molecule has 7 nitrogen and oxygen atoms in total. The van der Waals surface area contributed by atoms with Gasteiger partial charge in [-0.1, -0.05) is 48.5 Å². The van der Waals surface area contributed by atoms with Crippen LogP contribution in [0, 0.1) is 17.3 Å². The molecule has 186 valence electrons. The summed E-state index contributed by atoms with van der Waals surface area (Å²) < 4.78 is 29.5. The Bertz CT molecular complexity index is 1120. The molecule has 1 aromatic rings. The van der Waals surface area contributed by atoms with Gasteiger partial charge in [0.15, 0.2) is 0 Å². The lowest BCUT2D eigenvalue weighted by Crippen LogP contribution is -2.69. The molecule has 5 aliphatic carbocycles. The van der Waals surface area contributed by atoms with Gasteiger partial charge in [-0.25, -0.2) is 8.42 Å². The van der Waals surface area contributed by atoms with E-state index in [9.17, 15) is 18.0 Å². The third-order valence-electron chi connectivity index (χ3n) is 8.64. The molecule has 2 atom stereocenters. The quantitative estimate of drug-likeness (QED) is 0.519. The van der Waals surface area contributed by atoms with Crippen LogP contribution in [0.1, 0.15) is 70.6 Å². The molecule has 2 amide bonds. The van der Waals surface area contributed by atoms with Gasteiger partial charge in [0.05, 0.1) is 15.5 Å². The number of amides is 2. The van der Waals surface area contributed by atoms with Crippen molar-refractivity contribution >= 4 is 45.0 Å². The minimum atomic E-state index is -4.11. The van der Waals surface area contributed by atoms with E-state index < -0.39 is 26.5 Å². The van der Waals surface area contributed by atoms with Gasteiger partial charge in [0.2, 0.25) is 21.8 Å². The predicted octanol–water partition coefficient (Wildman–Crippen LogP) is 3.92. The second kappa shape index (κ2) is 8.36. The minimum absolute atomic E-state index is 0.0625. The smallest absolute Gasteiger partial charge is 0.243 e. The lowest BCUT2D eigenvalue weighted by atomic mass is 9.46. The summed E-state index contributed by atoms with van der Waals surface area (Å²) in [5.74, 6) is 0.135. The summed E-state index contributed by atoms with van der Waals surface area (Å²) in [5, 5.41) is 3.36. The fourth-order valence-corrected chi connectivity index (χ4v) is 9.78. The first-order valence-electron chi connectivity index (χ1n) is 12.1. The van der Waals surface area contributed by atoms with Crippen LogP contribution in [0.5, 0.6) is 0 Å². The van der Waals surface area contributed by atoms with Crippen LogP contribution in [-0.2, 0) is 19.6 Å². The number of halogens is 2. The van der Waals surface area contributed by atoms with Gasteiger partial charge in [0.25, 0.3) is 0 Å². The van der Waals surface area contributed by atoms with Gasteiger partial charge in [-0.05, 0) is 75.3 Å². The molecule has 4 bridgehead atoms. The largest absolute Gasteiger partial charge is 0.369 e. The molecule has 2 unspecified atom stereocenters. The van der Waals surface area contributed by atoms with Crippen LogP contribution in [-0.4, -0.2) is 31.3 Å². The van der Waals surface area contributed by atoms with Crippen LogP contribution >= 0.6 is 23.2 Å². The molecule has 10 heteroatoms. The van der Waals surface area contributed by atoms with Crippen LogP contribution in [0.15, 0.2) is 23.1 Å². The minimum Gasteiger partial charge on any atom is -0.369 e. The van der Waals surface area contributed by atoms with Crippen molar-refractivity contribution in [1.29, 1.82) is 0 Å². The number of hydrogen-bond donors (Lipinski definition) is 3. The molecule has 0 saturated heterocycles. The lowest BCUT2D eigenvalue weighted by molar-refractivity contribution is -0.152. The van der Waals surface area contributed by atoms with E-state index in [-0.39, 0.29) is 26.8 Å². The summed E-state index contributed by atoms with van der Waals surface area (Å²) in [6.07, 6.45) is 8.04. The maximum atomic E-state index is 13.9. The number of sulfonamides is 1. The normalized spacial score (nSPS) is 34.1. The first kappa shape index (κ1) is 24.3. The van der Waals surface area contributed by atoms with E-state index in [0.29, 0.717) is 31.1 Å².